The summed E-state index contributed by atoms with van der Waals surface area (Å²) in [7, 11) is 0. The van der Waals surface area contributed by atoms with Gasteiger partial charge in [0.25, 0.3) is 5.91 Å². The number of para-hydroxylation sites is 2. The Morgan fingerprint density at radius 2 is 2.04 bits per heavy atom. The number of benzene rings is 2. The molecule has 5 nitrogen and oxygen atoms in total. The third-order valence-electron chi connectivity index (χ3n) is 4.95. The van der Waals surface area contributed by atoms with Gasteiger partial charge in [-0.1, -0.05) is 29.8 Å². The number of rotatable bonds is 4. The van der Waals surface area contributed by atoms with Crippen LogP contribution >= 0.6 is 0 Å². The quantitative estimate of drug-likeness (QED) is 0.782. The normalized spacial score (nSPS) is 17.4. The highest BCUT2D eigenvalue weighted by Crippen LogP contribution is 2.26. The number of ether oxygens (including phenoxy) is 1. The molecule has 5 heteroatoms. The largest absolute Gasteiger partial charge is 0.484 e. The van der Waals surface area contributed by atoms with E-state index in [0.29, 0.717) is 6.54 Å². The Morgan fingerprint density at radius 1 is 1.23 bits per heavy atom. The summed E-state index contributed by atoms with van der Waals surface area (Å²) in [6.45, 7) is 3.58. The molecule has 1 fully saturated rings. The maximum atomic E-state index is 12.6. The SMILES string of the molecule is Cc1ccc(OCC(=O)N2CCCC(c3nc4ccccc4[nH]3)C2)cc1. The summed E-state index contributed by atoms with van der Waals surface area (Å²) in [6, 6.07) is 15.8. The van der Waals surface area contributed by atoms with Gasteiger partial charge in [0.15, 0.2) is 6.61 Å². The van der Waals surface area contributed by atoms with Crippen molar-refractivity contribution in [1.82, 2.24) is 14.9 Å². The third-order valence-corrected chi connectivity index (χ3v) is 4.95. The van der Waals surface area contributed by atoms with Crippen molar-refractivity contribution >= 4 is 16.9 Å². The van der Waals surface area contributed by atoms with Gasteiger partial charge in [-0.3, -0.25) is 4.79 Å². The average molecular weight is 349 g/mol. The topological polar surface area (TPSA) is 58.2 Å². The zero-order valence-electron chi connectivity index (χ0n) is 14.9. The first-order chi connectivity index (χ1) is 12.7. The van der Waals surface area contributed by atoms with Crippen molar-refractivity contribution in [2.24, 2.45) is 0 Å². The predicted octanol–water partition coefficient (Wildman–Crippen LogP) is 3.66. The van der Waals surface area contributed by atoms with E-state index < -0.39 is 0 Å². The zero-order valence-corrected chi connectivity index (χ0v) is 14.9. The summed E-state index contributed by atoms with van der Waals surface area (Å²) in [5.41, 5.74) is 3.20. The monoisotopic (exact) mass is 349 g/mol. The van der Waals surface area contributed by atoms with Crippen molar-refractivity contribution in [3.05, 3.63) is 59.9 Å². The van der Waals surface area contributed by atoms with Crippen molar-refractivity contribution < 1.29 is 9.53 Å². The fourth-order valence-corrected chi connectivity index (χ4v) is 3.46. The Hall–Kier alpha value is -2.82. The lowest BCUT2D eigenvalue weighted by molar-refractivity contribution is -0.134. The maximum absolute atomic E-state index is 12.6. The van der Waals surface area contributed by atoms with Crippen LogP contribution < -0.4 is 4.74 Å². The lowest BCUT2D eigenvalue weighted by Crippen LogP contribution is -2.41. The number of hydrogen-bond acceptors (Lipinski definition) is 3. The molecule has 1 atom stereocenters. The summed E-state index contributed by atoms with van der Waals surface area (Å²) < 4.78 is 5.65. The molecule has 1 aliphatic rings. The first kappa shape index (κ1) is 16.6. The van der Waals surface area contributed by atoms with E-state index in [-0.39, 0.29) is 18.4 Å². The first-order valence-electron chi connectivity index (χ1n) is 9.11. The molecular formula is C21H23N3O2. The molecule has 3 aromatic rings. The van der Waals surface area contributed by atoms with Gasteiger partial charge < -0.3 is 14.6 Å². The van der Waals surface area contributed by atoms with Crippen molar-refractivity contribution in [3.8, 4) is 5.75 Å². The minimum atomic E-state index is 0.0337. The average Bonchev–Trinajstić information content (AvgIpc) is 3.12. The van der Waals surface area contributed by atoms with Crippen LogP contribution in [0.25, 0.3) is 11.0 Å². The third kappa shape index (κ3) is 3.57. The zero-order chi connectivity index (χ0) is 17.9. The Balaban J connectivity index is 1.39. The summed E-state index contributed by atoms with van der Waals surface area (Å²) in [5.74, 6) is 1.99. The molecule has 0 spiro atoms. The van der Waals surface area contributed by atoms with E-state index in [1.807, 2.05) is 60.4 Å². The van der Waals surface area contributed by atoms with E-state index in [9.17, 15) is 4.79 Å². The second-order valence-electron chi connectivity index (χ2n) is 6.92. The highest BCUT2D eigenvalue weighted by atomic mass is 16.5. The van der Waals surface area contributed by atoms with E-state index in [1.165, 1.54) is 5.56 Å². The molecule has 0 bridgehead atoms. The molecule has 0 saturated carbocycles. The molecule has 2 heterocycles. The lowest BCUT2D eigenvalue weighted by Gasteiger charge is -2.31. The van der Waals surface area contributed by atoms with Crippen LogP contribution in [0.4, 0.5) is 0 Å². The number of imidazole rings is 1. The van der Waals surface area contributed by atoms with Gasteiger partial charge in [-0.15, -0.1) is 0 Å². The summed E-state index contributed by atoms with van der Waals surface area (Å²) in [4.78, 5) is 22.6. The van der Waals surface area contributed by atoms with Gasteiger partial charge in [-0.2, -0.15) is 0 Å². The van der Waals surface area contributed by atoms with Crippen LogP contribution in [-0.4, -0.2) is 40.5 Å². The van der Waals surface area contributed by atoms with Gasteiger partial charge >= 0.3 is 0 Å². The second kappa shape index (κ2) is 7.20. The van der Waals surface area contributed by atoms with Crippen LogP contribution in [0.5, 0.6) is 5.75 Å². The molecule has 26 heavy (non-hydrogen) atoms. The first-order valence-corrected chi connectivity index (χ1v) is 9.11. The van der Waals surface area contributed by atoms with Crippen LogP contribution in [0, 0.1) is 6.92 Å². The van der Waals surface area contributed by atoms with E-state index >= 15 is 0 Å². The molecule has 4 rings (SSSR count). The van der Waals surface area contributed by atoms with E-state index in [0.717, 1.165) is 42.0 Å². The number of nitrogens with zero attached hydrogens (tertiary/aromatic N) is 2. The van der Waals surface area contributed by atoms with Crippen molar-refractivity contribution in [3.63, 3.8) is 0 Å². The van der Waals surface area contributed by atoms with Crippen molar-refractivity contribution in [1.29, 1.82) is 0 Å². The standard InChI is InChI=1S/C21H23N3O2/c1-15-8-10-17(11-9-15)26-14-20(25)24-12-4-5-16(13-24)21-22-18-6-2-3-7-19(18)23-21/h2-3,6-11,16H,4-5,12-14H2,1H3,(H,22,23). The number of hydrogen-bond donors (Lipinski definition) is 1. The lowest BCUT2D eigenvalue weighted by atomic mass is 9.97. The molecule has 1 aromatic heterocycles. The Kier molecular flexibility index (Phi) is 4.61. The number of carbonyl (C=O) groups excluding carboxylic acids is 1. The van der Waals surface area contributed by atoms with Crippen LogP contribution in [-0.2, 0) is 4.79 Å². The summed E-state index contributed by atoms with van der Waals surface area (Å²) >= 11 is 0. The number of aromatic nitrogens is 2. The molecule has 0 radical (unpaired) electrons. The molecule has 1 N–H and O–H groups in total. The van der Waals surface area contributed by atoms with Gasteiger partial charge in [0.05, 0.1) is 11.0 Å². The van der Waals surface area contributed by atoms with Crippen LogP contribution in [0.1, 0.15) is 30.1 Å². The number of carbonyl (C=O) groups is 1. The number of aromatic amines is 1. The summed E-state index contributed by atoms with van der Waals surface area (Å²) in [6.07, 6.45) is 2.03. The number of fused-ring (bicyclic) bond motifs is 1. The van der Waals surface area contributed by atoms with Gasteiger partial charge in [-0.25, -0.2) is 4.98 Å². The van der Waals surface area contributed by atoms with Gasteiger partial charge in [-0.05, 0) is 44.0 Å². The highest BCUT2D eigenvalue weighted by molar-refractivity contribution is 5.78. The van der Waals surface area contributed by atoms with Gasteiger partial charge in [0.2, 0.25) is 0 Å². The number of amides is 1. The summed E-state index contributed by atoms with van der Waals surface area (Å²) in [5, 5.41) is 0. The van der Waals surface area contributed by atoms with Crippen LogP contribution in [0.15, 0.2) is 48.5 Å². The molecule has 1 unspecified atom stereocenters. The molecule has 1 amide bonds. The number of H-pyrrole nitrogens is 1. The van der Waals surface area contributed by atoms with Crippen LogP contribution in [0.3, 0.4) is 0 Å². The van der Waals surface area contributed by atoms with E-state index in [4.69, 9.17) is 9.72 Å². The molecule has 2 aromatic carbocycles. The fourth-order valence-electron chi connectivity index (χ4n) is 3.46. The fraction of sp³-hybridized carbons (Fsp3) is 0.333. The van der Waals surface area contributed by atoms with Gasteiger partial charge in [0, 0.05) is 19.0 Å². The Labute approximate surface area is 153 Å². The highest BCUT2D eigenvalue weighted by Gasteiger charge is 2.26. The van der Waals surface area contributed by atoms with Crippen LogP contribution in [0.2, 0.25) is 0 Å². The van der Waals surface area contributed by atoms with E-state index in [1.54, 1.807) is 0 Å². The van der Waals surface area contributed by atoms with E-state index in [2.05, 4.69) is 4.98 Å². The molecule has 1 saturated heterocycles. The number of nitrogens with one attached hydrogen (secondary N) is 1. The maximum Gasteiger partial charge on any atom is 0.260 e. The van der Waals surface area contributed by atoms with Crippen molar-refractivity contribution in [2.75, 3.05) is 19.7 Å². The number of aryl methyl sites for hydroxylation is 1. The molecule has 134 valence electrons. The van der Waals surface area contributed by atoms with Crippen molar-refractivity contribution in [2.45, 2.75) is 25.7 Å². The minimum absolute atomic E-state index is 0.0337. The molecule has 1 aliphatic heterocycles. The molecular weight excluding hydrogens is 326 g/mol. The second-order valence-corrected chi connectivity index (χ2v) is 6.92. The number of likely N-dealkylation sites (tertiary alicyclic amines) is 1. The minimum Gasteiger partial charge on any atom is -0.484 e. The number of piperidine rings is 1. The predicted molar refractivity (Wildman–Crippen MR) is 101 cm³/mol. The Bertz CT molecular complexity index is 868. The smallest absolute Gasteiger partial charge is 0.260 e. The molecule has 0 aliphatic carbocycles. The Morgan fingerprint density at radius 3 is 2.85 bits per heavy atom. The van der Waals surface area contributed by atoms with Gasteiger partial charge in [0.1, 0.15) is 11.6 Å².